The third-order valence-electron chi connectivity index (χ3n) is 6.15. The van der Waals surface area contributed by atoms with Gasteiger partial charge in [-0.3, -0.25) is 0 Å². The highest BCUT2D eigenvalue weighted by molar-refractivity contribution is 5.62. The second-order valence-corrected chi connectivity index (χ2v) is 8.52. The molecule has 0 bridgehead atoms. The Balaban J connectivity index is 1.69. The van der Waals surface area contributed by atoms with Gasteiger partial charge in [0.15, 0.2) is 11.6 Å². The first-order valence-corrected chi connectivity index (χ1v) is 11.7. The largest absolute Gasteiger partial charge is 0.494 e. The van der Waals surface area contributed by atoms with Crippen LogP contribution >= 0.6 is 0 Å². The Morgan fingerprint density at radius 1 is 1.21 bits per heavy atom. The van der Waals surface area contributed by atoms with Crippen LogP contribution in [0.15, 0.2) is 42.5 Å². The molecule has 180 valence electrons. The molecule has 1 aliphatic rings. The summed E-state index contributed by atoms with van der Waals surface area (Å²) in [5, 5.41) is 6.81. The maximum Gasteiger partial charge on any atom is 0.236 e. The van der Waals surface area contributed by atoms with Crippen molar-refractivity contribution in [3.8, 4) is 5.75 Å². The average molecular weight is 466 g/mol. The fourth-order valence-electron chi connectivity index (χ4n) is 4.40. The highest BCUT2D eigenvalue weighted by Crippen LogP contribution is 2.33. The van der Waals surface area contributed by atoms with Crippen LogP contribution in [-0.2, 0) is 6.54 Å². The maximum atomic E-state index is 14.7. The monoisotopic (exact) mass is 465 g/mol. The first-order chi connectivity index (χ1) is 16.5. The van der Waals surface area contributed by atoms with E-state index in [-0.39, 0.29) is 23.8 Å². The molecule has 4 N–H and O–H groups in total. The normalized spacial score (nSPS) is 16.3. The van der Waals surface area contributed by atoms with E-state index in [1.807, 2.05) is 11.0 Å². The zero-order valence-electron chi connectivity index (χ0n) is 19.9. The van der Waals surface area contributed by atoms with E-state index in [4.69, 9.17) is 10.5 Å². The topological polar surface area (TPSA) is 101 Å². The lowest BCUT2D eigenvalue weighted by Gasteiger charge is -2.35. The van der Waals surface area contributed by atoms with Crippen molar-refractivity contribution in [2.45, 2.75) is 51.7 Å². The van der Waals surface area contributed by atoms with Gasteiger partial charge in [0.2, 0.25) is 17.8 Å². The lowest BCUT2D eigenvalue weighted by Crippen LogP contribution is -2.46. The van der Waals surface area contributed by atoms with Gasteiger partial charge in [0, 0.05) is 24.3 Å². The second-order valence-electron chi connectivity index (χ2n) is 8.52. The average Bonchev–Trinajstić information content (AvgIpc) is 3.36. The van der Waals surface area contributed by atoms with Crippen LogP contribution in [-0.4, -0.2) is 40.7 Å². The number of aryl methyl sites for hydroxylation is 1. The standard InChI is InChI=1S/C25H32FN7O/c1-4-21(20-6-5-13-28-20)33(18-11-12-22(34-3)19(26)14-18)25-31-23(27)30-24(32-25)29-15-17-9-7-16(2)8-10-17/h7-12,14,20-21,28H,4-6,13,15H2,1-3H3,(H3,27,29,30,31,32). The van der Waals surface area contributed by atoms with Crippen LogP contribution < -0.4 is 26.0 Å². The maximum absolute atomic E-state index is 14.7. The number of halogens is 1. The van der Waals surface area contributed by atoms with Crippen molar-refractivity contribution in [3.05, 3.63) is 59.4 Å². The smallest absolute Gasteiger partial charge is 0.236 e. The number of nitrogens with one attached hydrogen (secondary N) is 2. The molecule has 1 aromatic heterocycles. The summed E-state index contributed by atoms with van der Waals surface area (Å²) in [7, 11) is 1.45. The molecule has 2 atom stereocenters. The third-order valence-corrected chi connectivity index (χ3v) is 6.15. The van der Waals surface area contributed by atoms with Gasteiger partial charge in [0.05, 0.1) is 13.2 Å². The number of anilines is 4. The van der Waals surface area contributed by atoms with Crippen LogP contribution in [0.1, 0.15) is 37.3 Å². The number of benzene rings is 2. The van der Waals surface area contributed by atoms with Gasteiger partial charge in [-0.25, -0.2) is 4.39 Å². The van der Waals surface area contributed by atoms with Crippen molar-refractivity contribution in [1.82, 2.24) is 20.3 Å². The minimum absolute atomic E-state index is 0.00189. The summed E-state index contributed by atoms with van der Waals surface area (Å²) in [5.74, 6) is 0.593. The SMILES string of the molecule is CCC(C1CCCN1)N(c1ccc(OC)c(F)c1)c1nc(N)nc(NCc2ccc(C)cc2)n1. The molecule has 0 spiro atoms. The molecule has 2 aromatic carbocycles. The zero-order valence-corrected chi connectivity index (χ0v) is 19.9. The number of nitrogens with zero attached hydrogens (tertiary/aromatic N) is 4. The molecule has 0 aliphatic carbocycles. The summed E-state index contributed by atoms with van der Waals surface area (Å²) in [6.07, 6.45) is 2.92. The summed E-state index contributed by atoms with van der Waals surface area (Å²) >= 11 is 0. The van der Waals surface area contributed by atoms with E-state index in [9.17, 15) is 4.39 Å². The second kappa shape index (κ2) is 10.6. The minimum atomic E-state index is -0.445. The number of hydrogen-bond acceptors (Lipinski definition) is 8. The number of nitrogen functional groups attached to an aromatic ring is 1. The molecule has 34 heavy (non-hydrogen) atoms. The highest BCUT2D eigenvalue weighted by atomic mass is 19.1. The number of nitrogens with two attached hydrogens (primary N) is 1. The summed E-state index contributed by atoms with van der Waals surface area (Å²) in [5.41, 5.74) is 9.03. The van der Waals surface area contributed by atoms with Crippen molar-refractivity contribution >= 4 is 23.5 Å². The molecule has 1 saturated heterocycles. The minimum Gasteiger partial charge on any atom is -0.494 e. The Morgan fingerprint density at radius 2 is 2.00 bits per heavy atom. The Bertz CT molecular complexity index is 1100. The van der Waals surface area contributed by atoms with E-state index in [1.165, 1.54) is 18.7 Å². The number of hydrogen-bond donors (Lipinski definition) is 3. The zero-order chi connectivity index (χ0) is 24.1. The van der Waals surface area contributed by atoms with Crippen LogP contribution in [0.3, 0.4) is 0 Å². The summed E-state index contributed by atoms with van der Waals surface area (Å²) in [4.78, 5) is 15.4. The first-order valence-electron chi connectivity index (χ1n) is 11.7. The summed E-state index contributed by atoms with van der Waals surface area (Å²) < 4.78 is 19.8. The van der Waals surface area contributed by atoms with Gasteiger partial charge in [-0.1, -0.05) is 36.8 Å². The van der Waals surface area contributed by atoms with Crippen LogP contribution in [0, 0.1) is 12.7 Å². The molecule has 4 rings (SSSR count). The van der Waals surface area contributed by atoms with Gasteiger partial charge >= 0.3 is 0 Å². The van der Waals surface area contributed by atoms with Gasteiger partial charge in [0.1, 0.15) is 0 Å². The molecular weight excluding hydrogens is 433 g/mol. The third kappa shape index (κ3) is 5.36. The van der Waals surface area contributed by atoms with E-state index in [1.54, 1.807) is 6.07 Å². The number of aromatic nitrogens is 3. The fraction of sp³-hybridized carbons (Fsp3) is 0.400. The molecular formula is C25H32FN7O. The van der Waals surface area contributed by atoms with Crippen molar-refractivity contribution < 1.29 is 9.13 Å². The van der Waals surface area contributed by atoms with Gasteiger partial charge in [-0.15, -0.1) is 0 Å². The Labute approximate surface area is 199 Å². The molecule has 8 nitrogen and oxygen atoms in total. The number of rotatable bonds is 9. The molecule has 2 heterocycles. The fourth-order valence-corrected chi connectivity index (χ4v) is 4.40. The van der Waals surface area contributed by atoms with E-state index < -0.39 is 5.82 Å². The van der Waals surface area contributed by atoms with Gasteiger partial charge in [-0.05, 0) is 50.4 Å². The van der Waals surface area contributed by atoms with Crippen LogP contribution in [0.25, 0.3) is 0 Å². The van der Waals surface area contributed by atoms with Gasteiger partial charge < -0.3 is 26.0 Å². The molecule has 0 radical (unpaired) electrons. The molecule has 0 saturated carbocycles. The van der Waals surface area contributed by atoms with Crippen LogP contribution in [0.4, 0.5) is 27.9 Å². The van der Waals surface area contributed by atoms with E-state index >= 15 is 0 Å². The molecule has 0 amide bonds. The van der Waals surface area contributed by atoms with E-state index in [0.29, 0.717) is 24.1 Å². The van der Waals surface area contributed by atoms with E-state index in [2.05, 4.69) is 63.7 Å². The molecule has 2 unspecified atom stereocenters. The summed E-state index contributed by atoms with van der Waals surface area (Å²) in [6.45, 7) is 5.66. The quantitative estimate of drug-likeness (QED) is 0.432. The van der Waals surface area contributed by atoms with Crippen molar-refractivity contribution in [1.29, 1.82) is 0 Å². The van der Waals surface area contributed by atoms with E-state index in [0.717, 1.165) is 31.4 Å². The molecule has 9 heteroatoms. The molecule has 3 aromatic rings. The van der Waals surface area contributed by atoms with Crippen molar-refractivity contribution in [2.24, 2.45) is 0 Å². The van der Waals surface area contributed by atoms with Crippen LogP contribution in [0.2, 0.25) is 0 Å². The predicted octanol–water partition coefficient (Wildman–Crippen LogP) is 4.19. The van der Waals surface area contributed by atoms with Crippen molar-refractivity contribution in [3.63, 3.8) is 0 Å². The Hall–Kier alpha value is -3.46. The lowest BCUT2D eigenvalue weighted by molar-refractivity contribution is 0.386. The Morgan fingerprint density at radius 3 is 2.65 bits per heavy atom. The van der Waals surface area contributed by atoms with Crippen molar-refractivity contribution in [2.75, 3.05) is 29.6 Å². The first kappa shape index (κ1) is 23.7. The summed E-state index contributed by atoms with van der Waals surface area (Å²) in [6, 6.07) is 13.3. The van der Waals surface area contributed by atoms with Crippen LogP contribution in [0.5, 0.6) is 5.75 Å². The predicted molar refractivity (Wildman–Crippen MR) is 133 cm³/mol. The number of methoxy groups -OCH3 is 1. The highest BCUT2D eigenvalue weighted by Gasteiger charge is 2.32. The molecule has 1 fully saturated rings. The molecule has 1 aliphatic heterocycles. The number of ether oxygens (including phenoxy) is 1. The van der Waals surface area contributed by atoms with Gasteiger partial charge in [0.25, 0.3) is 0 Å². The lowest BCUT2D eigenvalue weighted by atomic mass is 10.0. The van der Waals surface area contributed by atoms with Gasteiger partial charge in [-0.2, -0.15) is 15.0 Å². The Kier molecular flexibility index (Phi) is 7.42.